The Morgan fingerprint density at radius 2 is 1.26 bits per heavy atom. The maximum atomic E-state index is 11.7. The van der Waals surface area contributed by atoms with E-state index in [9.17, 15) is 10.1 Å². The van der Waals surface area contributed by atoms with E-state index in [0.29, 0.717) is 5.56 Å². The average Bonchev–Trinajstić information content (AvgIpc) is 2.84. The van der Waals surface area contributed by atoms with Gasteiger partial charge in [0.05, 0.1) is 10.6 Å². The van der Waals surface area contributed by atoms with Gasteiger partial charge < -0.3 is 4.74 Å². The lowest BCUT2D eigenvalue weighted by Gasteiger charge is -2.39. The number of rotatable bonds is 4. The molecule has 1 aliphatic heterocycles. The van der Waals surface area contributed by atoms with Crippen molar-refractivity contribution < 1.29 is 9.66 Å². The van der Waals surface area contributed by atoms with Crippen molar-refractivity contribution in [3.63, 3.8) is 0 Å². The first-order valence-corrected chi connectivity index (χ1v) is 9.92. The lowest BCUT2D eigenvalue weighted by Crippen LogP contribution is -2.38. The maximum absolute atomic E-state index is 11.7. The van der Waals surface area contributed by atoms with Crippen LogP contribution in [0.5, 0.6) is 0 Å². The number of para-hydroxylation sites is 2. The Balaban J connectivity index is 1.83. The molecule has 4 aromatic rings. The van der Waals surface area contributed by atoms with Gasteiger partial charge in [-0.25, -0.2) is 4.99 Å². The van der Waals surface area contributed by atoms with Gasteiger partial charge in [0.2, 0.25) is 5.90 Å². The third-order valence-electron chi connectivity index (χ3n) is 5.45. The summed E-state index contributed by atoms with van der Waals surface area (Å²) in [6.07, 6.45) is 0. The Hall–Kier alpha value is -4.25. The van der Waals surface area contributed by atoms with Crippen LogP contribution >= 0.6 is 0 Å². The fourth-order valence-electron chi connectivity index (χ4n) is 4.07. The third-order valence-corrected chi connectivity index (χ3v) is 5.45. The zero-order chi connectivity index (χ0) is 21.3. The summed E-state index contributed by atoms with van der Waals surface area (Å²) in [5.41, 5.74) is 2.73. The van der Waals surface area contributed by atoms with E-state index in [1.54, 1.807) is 18.2 Å². The summed E-state index contributed by atoms with van der Waals surface area (Å²) in [5.74, 6) is 0.221. The minimum Gasteiger partial charge on any atom is -0.455 e. The van der Waals surface area contributed by atoms with Crippen LogP contribution in [0.3, 0.4) is 0 Å². The molecule has 0 radical (unpaired) electrons. The Labute approximate surface area is 179 Å². The Bertz CT molecular complexity index is 1240. The predicted octanol–water partition coefficient (Wildman–Crippen LogP) is 6.00. The predicted molar refractivity (Wildman–Crippen MR) is 120 cm³/mol. The monoisotopic (exact) mass is 406 g/mol. The molecule has 5 nitrogen and oxygen atoms in total. The summed E-state index contributed by atoms with van der Waals surface area (Å²) in [6, 6.07) is 34.1. The highest BCUT2D eigenvalue weighted by Gasteiger charge is 2.44. The van der Waals surface area contributed by atoms with Crippen LogP contribution in [0.2, 0.25) is 0 Å². The van der Waals surface area contributed by atoms with Crippen molar-refractivity contribution in [2.24, 2.45) is 4.99 Å². The second kappa shape index (κ2) is 7.54. The number of hydrogen-bond donors (Lipinski definition) is 0. The summed E-state index contributed by atoms with van der Waals surface area (Å²) in [5, 5.41) is 11.7. The number of nitrogens with zero attached hydrogens (tertiary/aromatic N) is 2. The SMILES string of the molecule is O=[N+]([O-])c1ccccc1C1=Nc2ccccc2C(c2ccccc2)(c2ccccc2)O1. The minimum absolute atomic E-state index is 0.0457. The van der Waals surface area contributed by atoms with Crippen molar-refractivity contribution in [3.05, 3.63) is 142 Å². The van der Waals surface area contributed by atoms with Gasteiger partial charge in [0.25, 0.3) is 5.69 Å². The second-order valence-electron chi connectivity index (χ2n) is 7.22. The summed E-state index contributed by atoms with van der Waals surface area (Å²) < 4.78 is 6.70. The normalized spacial score (nSPS) is 14.1. The van der Waals surface area contributed by atoms with Crippen LogP contribution in [0.1, 0.15) is 22.3 Å². The van der Waals surface area contributed by atoms with Crippen LogP contribution in [0, 0.1) is 10.1 Å². The molecule has 0 N–H and O–H groups in total. The van der Waals surface area contributed by atoms with E-state index in [2.05, 4.69) is 0 Å². The molecule has 0 aliphatic carbocycles. The van der Waals surface area contributed by atoms with Gasteiger partial charge in [0.1, 0.15) is 5.56 Å². The van der Waals surface area contributed by atoms with Gasteiger partial charge in [0, 0.05) is 22.8 Å². The molecule has 0 spiro atoms. The molecule has 0 bridgehead atoms. The molecule has 31 heavy (non-hydrogen) atoms. The number of fused-ring (bicyclic) bond motifs is 1. The average molecular weight is 406 g/mol. The van der Waals surface area contributed by atoms with Crippen molar-refractivity contribution in [3.8, 4) is 0 Å². The molecule has 1 aliphatic rings. The largest absolute Gasteiger partial charge is 0.455 e. The topological polar surface area (TPSA) is 64.7 Å². The minimum atomic E-state index is -1.00. The van der Waals surface area contributed by atoms with E-state index >= 15 is 0 Å². The van der Waals surface area contributed by atoms with E-state index in [1.165, 1.54) is 6.07 Å². The molecule has 0 fully saturated rings. The lowest BCUT2D eigenvalue weighted by atomic mass is 9.78. The van der Waals surface area contributed by atoms with E-state index in [-0.39, 0.29) is 11.6 Å². The molecule has 0 saturated carbocycles. The zero-order valence-corrected chi connectivity index (χ0v) is 16.5. The lowest BCUT2D eigenvalue weighted by molar-refractivity contribution is -0.385. The van der Waals surface area contributed by atoms with Gasteiger partial charge in [0.15, 0.2) is 5.60 Å². The molecule has 5 rings (SSSR count). The fourth-order valence-corrected chi connectivity index (χ4v) is 4.07. The summed E-state index contributed by atoms with van der Waals surface area (Å²) in [7, 11) is 0. The first kappa shape index (κ1) is 18.8. The van der Waals surface area contributed by atoms with Crippen LogP contribution in [0.15, 0.2) is 114 Å². The molecule has 0 atom stereocenters. The highest BCUT2D eigenvalue weighted by molar-refractivity contribution is 6.01. The van der Waals surface area contributed by atoms with Crippen molar-refractivity contribution in [1.29, 1.82) is 0 Å². The molecule has 0 aromatic heterocycles. The van der Waals surface area contributed by atoms with Gasteiger partial charge in [-0.1, -0.05) is 91.0 Å². The van der Waals surface area contributed by atoms with Crippen LogP contribution in [-0.2, 0) is 10.3 Å². The van der Waals surface area contributed by atoms with Gasteiger partial charge in [-0.3, -0.25) is 10.1 Å². The maximum Gasteiger partial charge on any atom is 0.282 e. The molecular weight excluding hydrogens is 388 g/mol. The van der Waals surface area contributed by atoms with Gasteiger partial charge in [-0.15, -0.1) is 0 Å². The number of aliphatic imine (C=N–C) groups is 1. The molecule has 5 heteroatoms. The van der Waals surface area contributed by atoms with Crippen molar-refractivity contribution in [1.82, 2.24) is 0 Å². The Morgan fingerprint density at radius 3 is 1.90 bits per heavy atom. The van der Waals surface area contributed by atoms with E-state index in [0.717, 1.165) is 22.4 Å². The van der Waals surface area contributed by atoms with Gasteiger partial charge in [-0.05, 0) is 12.1 Å². The van der Waals surface area contributed by atoms with Crippen LogP contribution < -0.4 is 0 Å². The van der Waals surface area contributed by atoms with E-state index in [4.69, 9.17) is 9.73 Å². The highest BCUT2D eigenvalue weighted by atomic mass is 16.6. The van der Waals surface area contributed by atoms with Crippen LogP contribution in [-0.4, -0.2) is 10.8 Å². The van der Waals surface area contributed by atoms with Crippen molar-refractivity contribution in [2.45, 2.75) is 5.60 Å². The molecule has 0 amide bonds. The summed E-state index contributed by atoms with van der Waals surface area (Å²) in [6.45, 7) is 0. The Kier molecular flexibility index (Phi) is 4.56. The summed E-state index contributed by atoms with van der Waals surface area (Å²) >= 11 is 0. The van der Waals surface area contributed by atoms with Crippen LogP contribution in [0.25, 0.3) is 0 Å². The number of hydrogen-bond acceptors (Lipinski definition) is 4. The fraction of sp³-hybridized carbons (Fsp3) is 0.0385. The zero-order valence-electron chi connectivity index (χ0n) is 16.5. The van der Waals surface area contributed by atoms with Gasteiger partial charge >= 0.3 is 0 Å². The molecular formula is C26H18N2O3. The Morgan fingerprint density at radius 1 is 0.710 bits per heavy atom. The molecule has 1 heterocycles. The number of benzene rings is 4. The highest BCUT2D eigenvalue weighted by Crippen LogP contribution is 2.48. The van der Waals surface area contributed by atoms with E-state index < -0.39 is 10.5 Å². The third kappa shape index (κ3) is 3.07. The molecule has 0 unspecified atom stereocenters. The molecule has 150 valence electrons. The first-order valence-electron chi connectivity index (χ1n) is 9.92. The van der Waals surface area contributed by atoms with E-state index in [1.807, 2.05) is 84.9 Å². The van der Waals surface area contributed by atoms with Crippen molar-refractivity contribution >= 4 is 17.3 Å². The summed E-state index contributed by atoms with van der Waals surface area (Å²) in [4.78, 5) is 16.0. The number of ether oxygens (including phenoxy) is 1. The van der Waals surface area contributed by atoms with Gasteiger partial charge in [-0.2, -0.15) is 0 Å². The molecule has 0 saturated heterocycles. The van der Waals surface area contributed by atoms with Crippen molar-refractivity contribution in [2.75, 3.05) is 0 Å². The second-order valence-corrected chi connectivity index (χ2v) is 7.22. The first-order chi connectivity index (χ1) is 15.2. The van der Waals surface area contributed by atoms with Crippen LogP contribution in [0.4, 0.5) is 11.4 Å². The molecule has 4 aromatic carbocycles. The number of nitro benzene ring substituents is 1. The quantitative estimate of drug-likeness (QED) is 0.309. The standard InChI is InChI=1S/C26H18N2O3/c29-28(30)24-18-10-7-15-21(24)25-27-23-17-9-8-16-22(23)26(31-25,19-11-3-1-4-12-19)20-13-5-2-6-14-20/h1-18H. The smallest absolute Gasteiger partial charge is 0.282 e. The number of nitro groups is 1.